The Labute approximate surface area is 119 Å². The van der Waals surface area contributed by atoms with Gasteiger partial charge < -0.3 is 10.9 Å². The molecule has 1 aromatic heterocycles. The molecule has 106 valence electrons. The second-order valence-corrected chi connectivity index (χ2v) is 5.76. The van der Waals surface area contributed by atoms with Crippen molar-refractivity contribution in [1.29, 1.82) is 0 Å². The number of nitrogens with two attached hydrogens (primary N) is 1. The Balaban J connectivity index is 2.32. The van der Waals surface area contributed by atoms with Crippen LogP contribution in [0.5, 0.6) is 0 Å². The van der Waals surface area contributed by atoms with E-state index in [0.29, 0.717) is 5.56 Å². The number of amidine groups is 1. The Morgan fingerprint density at radius 2 is 2.20 bits per heavy atom. The van der Waals surface area contributed by atoms with Crippen molar-refractivity contribution in [3.63, 3.8) is 0 Å². The molecule has 0 saturated carbocycles. The van der Waals surface area contributed by atoms with Crippen LogP contribution in [-0.2, 0) is 10.0 Å². The van der Waals surface area contributed by atoms with Crippen LogP contribution in [0.4, 0.5) is 5.69 Å². The van der Waals surface area contributed by atoms with Crippen molar-refractivity contribution in [3.8, 4) is 0 Å². The van der Waals surface area contributed by atoms with Gasteiger partial charge in [0.1, 0.15) is 0 Å². The van der Waals surface area contributed by atoms with Crippen LogP contribution in [0.1, 0.15) is 5.56 Å². The molecule has 8 nitrogen and oxygen atoms in total. The largest absolute Gasteiger partial charge is 0.409 e. The number of sulfonamides is 1. The normalized spacial score (nSPS) is 12.3. The van der Waals surface area contributed by atoms with Crippen LogP contribution < -0.4 is 10.5 Å². The lowest BCUT2D eigenvalue weighted by Crippen LogP contribution is -2.15. The molecule has 1 aromatic carbocycles. The molecule has 0 aliphatic carbocycles. The highest BCUT2D eigenvalue weighted by atomic mass is 35.5. The van der Waals surface area contributed by atoms with Gasteiger partial charge >= 0.3 is 0 Å². The molecule has 0 aliphatic heterocycles. The van der Waals surface area contributed by atoms with Crippen LogP contribution in [0, 0.1) is 0 Å². The fourth-order valence-electron chi connectivity index (χ4n) is 1.41. The summed E-state index contributed by atoms with van der Waals surface area (Å²) in [4.78, 5) is 0. The van der Waals surface area contributed by atoms with Gasteiger partial charge in [-0.1, -0.05) is 16.8 Å². The first-order chi connectivity index (χ1) is 9.44. The second kappa shape index (κ2) is 5.39. The predicted octanol–water partition coefficient (Wildman–Crippen LogP) is 0.958. The molecule has 20 heavy (non-hydrogen) atoms. The summed E-state index contributed by atoms with van der Waals surface area (Å²) in [5, 5.41) is 17.3. The lowest BCUT2D eigenvalue weighted by atomic mass is 10.2. The van der Waals surface area contributed by atoms with E-state index in [0.717, 1.165) is 0 Å². The first kappa shape index (κ1) is 14.2. The van der Waals surface area contributed by atoms with Gasteiger partial charge in [0.25, 0.3) is 10.0 Å². The number of H-pyrrole nitrogens is 1. The van der Waals surface area contributed by atoms with Crippen molar-refractivity contribution in [3.05, 3.63) is 41.0 Å². The van der Waals surface area contributed by atoms with E-state index in [9.17, 15) is 8.42 Å². The van der Waals surface area contributed by atoms with Crippen molar-refractivity contribution in [2.24, 2.45) is 10.9 Å². The Kier molecular flexibility index (Phi) is 3.81. The predicted molar refractivity (Wildman–Crippen MR) is 73.4 cm³/mol. The summed E-state index contributed by atoms with van der Waals surface area (Å²) in [6, 6.07) is 5.55. The van der Waals surface area contributed by atoms with Crippen LogP contribution >= 0.6 is 11.6 Å². The maximum Gasteiger partial charge on any atom is 0.278 e. The summed E-state index contributed by atoms with van der Waals surface area (Å²) >= 11 is 5.95. The number of aromatic amines is 1. The molecule has 2 rings (SSSR count). The standard InChI is InChI=1S/C10H10ClN5O3S/c11-7-5-6(10(12)15-17)1-2-8(7)16-20(18,19)9-3-4-13-14-9/h1-5,16-17H,(H2,12,15)(H,13,14). The molecule has 0 saturated heterocycles. The topological polar surface area (TPSA) is 133 Å². The van der Waals surface area contributed by atoms with Crippen molar-refractivity contribution in [1.82, 2.24) is 10.2 Å². The Bertz CT molecular complexity index is 742. The highest BCUT2D eigenvalue weighted by molar-refractivity contribution is 7.92. The number of oxime groups is 1. The summed E-state index contributed by atoms with van der Waals surface area (Å²) in [5.74, 6) is -0.130. The van der Waals surface area contributed by atoms with Crippen LogP contribution in [0.2, 0.25) is 5.02 Å². The number of hydrogen-bond acceptors (Lipinski definition) is 5. The molecule has 1 heterocycles. The molecule has 0 fully saturated rings. The van der Waals surface area contributed by atoms with E-state index in [-0.39, 0.29) is 21.6 Å². The smallest absolute Gasteiger partial charge is 0.278 e. The molecule has 0 radical (unpaired) electrons. The molecular weight excluding hydrogens is 306 g/mol. The van der Waals surface area contributed by atoms with Gasteiger partial charge in [-0.3, -0.25) is 9.82 Å². The van der Waals surface area contributed by atoms with Gasteiger partial charge in [0, 0.05) is 5.56 Å². The molecular formula is C10H10ClN5O3S. The first-order valence-electron chi connectivity index (χ1n) is 5.23. The van der Waals surface area contributed by atoms with E-state index in [4.69, 9.17) is 22.5 Å². The zero-order valence-corrected chi connectivity index (χ0v) is 11.5. The number of benzene rings is 1. The van der Waals surface area contributed by atoms with E-state index in [2.05, 4.69) is 20.1 Å². The summed E-state index contributed by atoms with van der Waals surface area (Å²) in [6.45, 7) is 0. The number of halogens is 1. The Morgan fingerprint density at radius 3 is 2.75 bits per heavy atom. The average Bonchev–Trinajstić information content (AvgIpc) is 2.95. The summed E-state index contributed by atoms with van der Waals surface area (Å²) in [7, 11) is -3.79. The van der Waals surface area contributed by atoms with Crippen LogP contribution in [0.3, 0.4) is 0 Å². The fourth-order valence-corrected chi connectivity index (χ4v) is 2.68. The molecule has 10 heteroatoms. The average molecular weight is 316 g/mol. The lowest BCUT2D eigenvalue weighted by Gasteiger charge is -2.09. The molecule has 2 aromatic rings. The molecule has 0 unspecified atom stereocenters. The van der Waals surface area contributed by atoms with E-state index in [1.54, 1.807) is 0 Å². The zero-order valence-electron chi connectivity index (χ0n) is 9.91. The SMILES string of the molecule is N/C(=N/O)c1ccc(NS(=O)(=O)c2ccn[nH]2)c(Cl)c1. The number of hydrogen-bond donors (Lipinski definition) is 4. The van der Waals surface area contributed by atoms with Gasteiger partial charge in [0.2, 0.25) is 0 Å². The van der Waals surface area contributed by atoms with Crippen molar-refractivity contribution in [2.45, 2.75) is 5.03 Å². The molecule has 0 amide bonds. The third-order valence-electron chi connectivity index (χ3n) is 2.38. The van der Waals surface area contributed by atoms with E-state index in [1.807, 2.05) is 0 Å². The molecule has 0 aliphatic rings. The van der Waals surface area contributed by atoms with Gasteiger partial charge in [-0.15, -0.1) is 0 Å². The first-order valence-corrected chi connectivity index (χ1v) is 7.10. The fraction of sp³-hybridized carbons (Fsp3) is 0. The minimum atomic E-state index is -3.79. The van der Waals surface area contributed by atoms with Crippen LogP contribution in [-0.4, -0.2) is 29.7 Å². The Hall–Kier alpha value is -2.26. The molecule has 5 N–H and O–H groups in total. The summed E-state index contributed by atoms with van der Waals surface area (Å²) in [6.07, 6.45) is 1.32. The molecule has 0 atom stereocenters. The van der Waals surface area contributed by atoms with Gasteiger partial charge in [0.05, 0.1) is 16.9 Å². The minimum Gasteiger partial charge on any atom is -0.409 e. The van der Waals surface area contributed by atoms with E-state index >= 15 is 0 Å². The van der Waals surface area contributed by atoms with Gasteiger partial charge in [-0.25, -0.2) is 0 Å². The maximum absolute atomic E-state index is 12.0. The maximum atomic E-state index is 12.0. The van der Waals surface area contributed by atoms with Crippen molar-refractivity contribution >= 4 is 33.1 Å². The van der Waals surface area contributed by atoms with E-state index in [1.165, 1.54) is 30.5 Å². The molecule has 0 spiro atoms. The third-order valence-corrected chi connectivity index (χ3v) is 3.99. The van der Waals surface area contributed by atoms with E-state index < -0.39 is 10.0 Å². The zero-order chi connectivity index (χ0) is 14.8. The number of nitrogens with one attached hydrogen (secondary N) is 2. The number of aromatic nitrogens is 2. The highest BCUT2D eigenvalue weighted by Crippen LogP contribution is 2.25. The lowest BCUT2D eigenvalue weighted by molar-refractivity contribution is 0.318. The van der Waals surface area contributed by atoms with Gasteiger partial charge in [-0.05, 0) is 24.3 Å². The second-order valence-electron chi connectivity index (χ2n) is 3.71. The highest BCUT2D eigenvalue weighted by Gasteiger charge is 2.17. The van der Waals surface area contributed by atoms with Crippen LogP contribution in [0.15, 0.2) is 40.6 Å². The van der Waals surface area contributed by atoms with Gasteiger partial charge in [0.15, 0.2) is 10.9 Å². The molecule has 0 bridgehead atoms. The quantitative estimate of drug-likeness (QED) is 0.288. The van der Waals surface area contributed by atoms with Crippen LogP contribution in [0.25, 0.3) is 0 Å². The monoisotopic (exact) mass is 315 g/mol. The third kappa shape index (κ3) is 2.83. The number of anilines is 1. The minimum absolute atomic E-state index is 0.0888. The van der Waals surface area contributed by atoms with Crippen molar-refractivity contribution in [2.75, 3.05) is 4.72 Å². The number of rotatable bonds is 4. The van der Waals surface area contributed by atoms with Gasteiger partial charge in [-0.2, -0.15) is 13.5 Å². The number of nitrogens with zero attached hydrogens (tertiary/aromatic N) is 2. The Morgan fingerprint density at radius 1 is 1.45 bits per heavy atom. The summed E-state index contributed by atoms with van der Waals surface area (Å²) in [5.41, 5.74) is 5.93. The summed E-state index contributed by atoms with van der Waals surface area (Å²) < 4.78 is 26.2. The van der Waals surface area contributed by atoms with Crippen molar-refractivity contribution < 1.29 is 13.6 Å².